The molecule has 0 aliphatic heterocycles. The summed E-state index contributed by atoms with van der Waals surface area (Å²) in [6.07, 6.45) is 1.12. The second kappa shape index (κ2) is 13.6. The largest absolute Gasteiger partial charge is 0.491 e. The van der Waals surface area contributed by atoms with Crippen LogP contribution in [0.15, 0.2) is 78.9 Å². The first-order valence-electron chi connectivity index (χ1n) is 11.4. The standard InChI is InChI=1S/C27H31N3O4/c1-2-33-18-19-34-25-15-13-24(14-16-25)30-27(32)20-28-22-9-11-23(12-10-22)29-26(31)17-8-21-6-4-3-5-7-21/h3-7,9-16,28H,2,8,17-20H2,1H3,(H,29,31)(H,30,32). The van der Waals surface area contributed by atoms with Gasteiger partial charge in [0.1, 0.15) is 12.4 Å². The lowest BCUT2D eigenvalue weighted by atomic mass is 10.1. The van der Waals surface area contributed by atoms with Gasteiger partial charge in [-0.1, -0.05) is 30.3 Å². The van der Waals surface area contributed by atoms with Gasteiger partial charge in [0.25, 0.3) is 0 Å². The van der Waals surface area contributed by atoms with Crippen LogP contribution in [0.5, 0.6) is 5.75 Å². The van der Waals surface area contributed by atoms with Gasteiger partial charge in [-0.05, 0) is 67.4 Å². The molecule has 3 N–H and O–H groups in total. The highest BCUT2D eigenvalue weighted by Crippen LogP contribution is 2.16. The third-order valence-electron chi connectivity index (χ3n) is 4.94. The molecule has 0 aromatic heterocycles. The summed E-state index contributed by atoms with van der Waals surface area (Å²) in [4.78, 5) is 24.4. The summed E-state index contributed by atoms with van der Waals surface area (Å²) < 4.78 is 10.8. The minimum Gasteiger partial charge on any atom is -0.491 e. The van der Waals surface area contributed by atoms with Crippen LogP contribution >= 0.6 is 0 Å². The van der Waals surface area contributed by atoms with Crippen molar-refractivity contribution in [3.63, 3.8) is 0 Å². The summed E-state index contributed by atoms with van der Waals surface area (Å²) in [6, 6.07) is 24.4. The maximum Gasteiger partial charge on any atom is 0.243 e. The summed E-state index contributed by atoms with van der Waals surface area (Å²) in [5.74, 6) is 0.529. The maximum absolute atomic E-state index is 12.2. The van der Waals surface area contributed by atoms with Gasteiger partial charge < -0.3 is 25.4 Å². The third-order valence-corrected chi connectivity index (χ3v) is 4.94. The Balaban J connectivity index is 1.36. The first-order valence-corrected chi connectivity index (χ1v) is 11.4. The van der Waals surface area contributed by atoms with Gasteiger partial charge >= 0.3 is 0 Å². The summed E-state index contributed by atoms with van der Waals surface area (Å²) in [6.45, 7) is 3.76. The molecule has 7 heteroatoms. The molecule has 34 heavy (non-hydrogen) atoms. The van der Waals surface area contributed by atoms with Crippen molar-refractivity contribution in [1.29, 1.82) is 0 Å². The molecule has 178 valence electrons. The average molecular weight is 462 g/mol. The monoisotopic (exact) mass is 461 g/mol. The second-order valence-electron chi connectivity index (χ2n) is 7.58. The molecule has 7 nitrogen and oxygen atoms in total. The zero-order chi connectivity index (χ0) is 24.0. The smallest absolute Gasteiger partial charge is 0.243 e. The molecule has 3 aromatic rings. The van der Waals surface area contributed by atoms with Gasteiger partial charge in [0, 0.05) is 30.1 Å². The number of aryl methyl sites for hydroxylation is 1. The van der Waals surface area contributed by atoms with Gasteiger partial charge in [-0.3, -0.25) is 9.59 Å². The number of carbonyl (C=O) groups excluding carboxylic acids is 2. The molecular weight excluding hydrogens is 430 g/mol. The molecule has 0 atom stereocenters. The fraction of sp³-hybridized carbons (Fsp3) is 0.259. The van der Waals surface area contributed by atoms with Crippen molar-refractivity contribution in [2.45, 2.75) is 19.8 Å². The predicted octanol–water partition coefficient (Wildman–Crippen LogP) is 4.72. The van der Waals surface area contributed by atoms with E-state index in [-0.39, 0.29) is 18.4 Å². The summed E-state index contributed by atoms with van der Waals surface area (Å²) in [5.41, 5.74) is 3.34. The van der Waals surface area contributed by atoms with E-state index in [2.05, 4.69) is 16.0 Å². The summed E-state index contributed by atoms with van der Waals surface area (Å²) in [7, 11) is 0. The van der Waals surface area contributed by atoms with Crippen LogP contribution in [0.25, 0.3) is 0 Å². The number of amides is 2. The minimum atomic E-state index is -0.164. The number of nitrogens with one attached hydrogen (secondary N) is 3. The van der Waals surface area contributed by atoms with Gasteiger partial charge in [0.05, 0.1) is 13.2 Å². The Morgan fingerprint density at radius 2 is 1.35 bits per heavy atom. The Morgan fingerprint density at radius 3 is 2.03 bits per heavy atom. The fourth-order valence-electron chi connectivity index (χ4n) is 3.18. The van der Waals surface area contributed by atoms with Crippen molar-refractivity contribution in [2.24, 2.45) is 0 Å². The molecule has 0 bridgehead atoms. The summed E-state index contributed by atoms with van der Waals surface area (Å²) >= 11 is 0. The lowest BCUT2D eigenvalue weighted by Crippen LogP contribution is -2.21. The van der Waals surface area contributed by atoms with E-state index in [4.69, 9.17) is 9.47 Å². The lowest BCUT2D eigenvalue weighted by Gasteiger charge is -2.10. The van der Waals surface area contributed by atoms with Crippen LogP contribution in [0.4, 0.5) is 17.1 Å². The zero-order valence-corrected chi connectivity index (χ0v) is 19.4. The average Bonchev–Trinajstić information content (AvgIpc) is 2.86. The van der Waals surface area contributed by atoms with E-state index in [0.717, 1.165) is 22.7 Å². The SMILES string of the molecule is CCOCCOc1ccc(NC(=O)CNc2ccc(NC(=O)CCc3ccccc3)cc2)cc1. The number of ether oxygens (including phenoxy) is 2. The Hall–Kier alpha value is -3.84. The minimum absolute atomic E-state index is 0.0327. The predicted molar refractivity (Wildman–Crippen MR) is 135 cm³/mol. The number of benzene rings is 3. The van der Waals surface area contributed by atoms with Crippen molar-refractivity contribution in [3.05, 3.63) is 84.4 Å². The van der Waals surface area contributed by atoms with Gasteiger partial charge in [-0.25, -0.2) is 0 Å². The number of rotatable bonds is 13. The van der Waals surface area contributed by atoms with Crippen LogP contribution in [0, 0.1) is 0 Å². The molecule has 2 amide bonds. The van der Waals surface area contributed by atoms with E-state index in [1.54, 1.807) is 12.1 Å². The van der Waals surface area contributed by atoms with Gasteiger partial charge in [-0.2, -0.15) is 0 Å². The fourth-order valence-corrected chi connectivity index (χ4v) is 3.18. The number of hydrogen-bond acceptors (Lipinski definition) is 5. The molecule has 0 saturated carbocycles. The highest BCUT2D eigenvalue weighted by molar-refractivity contribution is 5.94. The lowest BCUT2D eigenvalue weighted by molar-refractivity contribution is -0.116. The van der Waals surface area contributed by atoms with E-state index < -0.39 is 0 Å². The quantitative estimate of drug-likeness (QED) is 0.321. The normalized spacial score (nSPS) is 10.4. The highest BCUT2D eigenvalue weighted by atomic mass is 16.5. The zero-order valence-electron chi connectivity index (χ0n) is 19.4. The Kier molecular flexibility index (Phi) is 9.95. The van der Waals surface area contributed by atoms with E-state index in [1.807, 2.05) is 73.7 Å². The van der Waals surface area contributed by atoms with E-state index in [0.29, 0.717) is 38.3 Å². The molecule has 0 fully saturated rings. The first kappa shape index (κ1) is 24.8. The van der Waals surface area contributed by atoms with Crippen molar-refractivity contribution in [2.75, 3.05) is 42.3 Å². The Bertz CT molecular complexity index is 1020. The molecule has 0 aliphatic rings. The van der Waals surface area contributed by atoms with Gasteiger partial charge in [0.15, 0.2) is 0 Å². The topological polar surface area (TPSA) is 88.7 Å². The van der Waals surface area contributed by atoms with Crippen LogP contribution in [0.1, 0.15) is 18.9 Å². The van der Waals surface area contributed by atoms with Crippen LogP contribution in [0.2, 0.25) is 0 Å². The first-order chi connectivity index (χ1) is 16.6. The van der Waals surface area contributed by atoms with Crippen molar-refractivity contribution in [3.8, 4) is 5.75 Å². The van der Waals surface area contributed by atoms with E-state index >= 15 is 0 Å². The van der Waals surface area contributed by atoms with E-state index in [9.17, 15) is 9.59 Å². The van der Waals surface area contributed by atoms with Crippen LogP contribution < -0.4 is 20.7 Å². The molecular formula is C27H31N3O4. The summed E-state index contributed by atoms with van der Waals surface area (Å²) in [5, 5.41) is 8.82. The molecule has 0 aliphatic carbocycles. The molecule has 0 unspecified atom stereocenters. The molecule has 0 heterocycles. The molecule has 0 radical (unpaired) electrons. The molecule has 3 rings (SSSR count). The van der Waals surface area contributed by atoms with Crippen LogP contribution in [0.3, 0.4) is 0 Å². The maximum atomic E-state index is 12.2. The van der Waals surface area contributed by atoms with Crippen molar-refractivity contribution >= 4 is 28.9 Å². The third kappa shape index (κ3) is 8.96. The van der Waals surface area contributed by atoms with Gasteiger partial charge in [0.2, 0.25) is 11.8 Å². The highest BCUT2D eigenvalue weighted by Gasteiger charge is 2.05. The number of carbonyl (C=O) groups is 2. The van der Waals surface area contributed by atoms with Crippen LogP contribution in [-0.2, 0) is 20.7 Å². The number of hydrogen-bond donors (Lipinski definition) is 3. The number of anilines is 3. The molecule has 0 saturated heterocycles. The Labute approximate surface area is 200 Å². The van der Waals surface area contributed by atoms with Crippen molar-refractivity contribution < 1.29 is 19.1 Å². The van der Waals surface area contributed by atoms with E-state index in [1.165, 1.54) is 0 Å². The molecule has 3 aromatic carbocycles. The van der Waals surface area contributed by atoms with Crippen LogP contribution in [-0.4, -0.2) is 38.2 Å². The van der Waals surface area contributed by atoms with Crippen molar-refractivity contribution in [1.82, 2.24) is 0 Å². The van der Waals surface area contributed by atoms with Gasteiger partial charge in [-0.15, -0.1) is 0 Å². The molecule has 0 spiro atoms. The Morgan fingerprint density at radius 1 is 0.735 bits per heavy atom. The second-order valence-corrected chi connectivity index (χ2v) is 7.58.